The Morgan fingerprint density at radius 1 is 1.06 bits per heavy atom. The van der Waals surface area contributed by atoms with Gasteiger partial charge in [-0.2, -0.15) is 0 Å². The van der Waals surface area contributed by atoms with Crippen molar-refractivity contribution in [3.63, 3.8) is 0 Å². The van der Waals surface area contributed by atoms with E-state index in [-0.39, 0.29) is 35.5 Å². The summed E-state index contributed by atoms with van der Waals surface area (Å²) in [5, 5.41) is 2.93. The highest BCUT2D eigenvalue weighted by molar-refractivity contribution is 7.89. The van der Waals surface area contributed by atoms with Crippen molar-refractivity contribution in [1.29, 1.82) is 0 Å². The number of hydrogen-bond acceptors (Lipinski definition) is 6. The Morgan fingerprint density at radius 3 is 2.27 bits per heavy atom. The molecule has 2 aliphatic heterocycles. The van der Waals surface area contributed by atoms with Crippen LogP contribution >= 0.6 is 0 Å². The Bertz CT molecular complexity index is 881. The number of rotatable bonds is 11. The average Bonchev–Trinajstić information content (AvgIpc) is 3.50. The monoisotopic (exact) mass is 481 g/mol. The molecule has 0 aromatic heterocycles. The summed E-state index contributed by atoms with van der Waals surface area (Å²) in [6, 6.07) is 7.14. The fraction of sp³-hybridized carbons (Fsp3) is 0.652. The topological polar surface area (TPSA) is 114 Å². The standard InChI is InChI=1S/C23H35N3O6S/c1-17(2)22(23(28)24-14-18-8-6-12-31-18)26(16-19-9-7-13-32-19)21(27)15-25-33(29,30)20-10-4-3-5-11-20/h3-5,10-11,17-19,22,25H,6-9,12-16H2,1-2H3,(H,24,28)/t18-,19-,22-/m1/s1. The van der Waals surface area contributed by atoms with E-state index in [0.717, 1.165) is 25.7 Å². The number of carbonyl (C=O) groups is 2. The van der Waals surface area contributed by atoms with E-state index in [0.29, 0.717) is 19.8 Å². The number of ether oxygens (including phenoxy) is 2. The molecule has 0 unspecified atom stereocenters. The first kappa shape index (κ1) is 25.6. The molecule has 184 valence electrons. The normalized spacial score (nSPS) is 21.8. The van der Waals surface area contributed by atoms with Gasteiger partial charge in [0.1, 0.15) is 6.04 Å². The van der Waals surface area contributed by atoms with Gasteiger partial charge in [-0.25, -0.2) is 13.1 Å². The summed E-state index contributed by atoms with van der Waals surface area (Å²) in [4.78, 5) is 28.0. The van der Waals surface area contributed by atoms with Crippen molar-refractivity contribution in [3.05, 3.63) is 30.3 Å². The second kappa shape index (κ2) is 11.9. The van der Waals surface area contributed by atoms with Crippen LogP contribution in [0.3, 0.4) is 0 Å². The molecule has 0 saturated carbocycles. The first-order chi connectivity index (χ1) is 15.8. The lowest BCUT2D eigenvalue weighted by Crippen LogP contribution is -2.56. The Hall–Kier alpha value is -2.01. The molecule has 2 saturated heterocycles. The molecule has 0 aliphatic carbocycles. The summed E-state index contributed by atoms with van der Waals surface area (Å²) in [6.07, 6.45) is 3.37. The smallest absolute Gasteiger partial charge is 0.243 e. The van der Waals surface area contributed by atoms with Crippen LogP contribution in [-0.4, -0.2) is 76.2 Å². The van der Waals surface area contributed by atoms with Gasteiger partial charge in [0.2, 0.25) is 21.8 Å². The van der Waals surface area contributed by atoms with Gasteiger partial charge >= 0.3 is 0 Å². The van der Waals surface area contributed by atoms with Crippen molar-refractivity contribution in [2.24, 2.45) is 5.92 Å². The molecular formula is C23H35N3O6S. The number of nitrogens with one attached hydrogen (secondary N) is 2. The molecule has 1 aromatic carbocycles. The number of benzene rings is 1. The summed E-state index contributed by atoms with van der Waals surface area (Å²) in [5.74, 6) is -0.903. The molecule has 2 amide bonds. The fourth-order valence-corrected chi connectivity index (χ4v) is 5.24. The van der Waals surface area contributed by atoms with E-state index < -0.39 is 28.5 Å². The van der Waals surface area contributed by atoms with Crippen LogP contribution in [-0.2, 0) is 29.1 Å². The SMILES string of the molecule is CC(C)[C@H](C(=O)NC[C@H]1CCCO1)N(C[C@H]1CCCO1)C(=O)CNS(=O)(=O)c1ccccc1. The first-order valence-electron chi connectivity index (χ1n) is 11.6. The van der Waals surface area contributed by atoms with Crippen molar-refractivity contribution < 1.29 is 27.5 Å². The zero-order valence-corrected chi connectivity index (χ0v) is 20.2. The van der Waals surface area contributed by atoms with Gasteiger partial charge in [-0.05, 0) is 43.7 Å². The molecule has 3 rings (SSSR count). The van der Waals surface area contributed by atoms with Gasteiger partial charge in [-0.1, -0.05) is 32.0 Å². The minimum absolute atomic E-state index is 0.0123. The number of sulfonamides is 1. The van der Waals surface area contributed by atoms with Gasteiger partial charge in [0.25, 0.3) is 0 Å². The number of hydrogen-bond donors (Lipinski definition) is 2. The molecule has 2 heterocycles. The summed E-state index contributed by atoms with van der Waals surface area (Å²) in [6.45, 7) is 5.25. The quantitative estimate of drug-likeness (QED) is 0.492. The van der Waals surface area contributed by atoms with Crippen molar-refractivity contribution in [2.75, 3.05) is 32.8 Å². The van der Waals surface area contributed by atoms with Crippen molar-refractivity contribution in [2.45, 2.75) is 62.7 Å². The van der Waals surface area contributed by atoms with Crippen LogP contribution in [0.2, 0.25) is 0 Å². The molecule has 0 spiro atoms. The van der Waals surface area contributed by atoms with E-state index >= 15 is 0 Å². The summed E-state index contributed by atoms with van der Waals surface area (Å²) in [7, 11) is -3.85. The van der Waals surface area contributed by atoms with E-state index in [2.05, 4.69) is 10.0 Å². The molecule has 2 N–H and O–H groups in total. The van der Waals surface area contributed by atoms with Gasteiger partial charge in [0.15, 0.2) is 0 Å². The van der Waals surface area contributed by atoms with Crippen LogP contribution in [0.4, 0.5) is 0 Å². The molecule has 2 aliphatic rings. The molecule has 33 heavy (non-hydrogen) atoms. The van der Waals surface area contributed by atoms with Crippen LogP contribution in [0.25, 0.3) is 0 Å². The highest BCUT2D eigenvalue weighted by Crippen LogP contribution is 2.19. The third-order valence-electron chi connectivity index (χ3n) is 5.98. The molecule has 9 nitrogen and oxygen atoms in total. The largest absolute Gasteiger partial charge is 0.376 e. The van der Waals surface area contributed by atoms with E-state index in [1.165, 1.54) is 17.0 Å². The summed E-state index contributed by atoms with van der Waals surface area (Å²) in [5.41, 5.74) is 0. The highest BCUT2D eigenvalue weighted by Gasteiger charge is 2.35. The minimum Gasteiger partial charge on any atom is -0.376 e. The maximum absolute atomic E-state index is 13.3. The van der Waals surface area contributed by atoms with Gasteiger partial charge in [-0.3, -0.25) is 9.59 Å². The highest BCUT2D eigenvalue weighted by atomic mass is 32.2. The maximum atomic E-state index is 13.3. The van der Waals surface area contributed by atoms with Gasteiger partial charge < -0.3 is 19.7 Å². The third-order valence-corrected chi connectivity index (χ3v) is 7.39. The number of amides is 2. The predicted octanol–water partition coefficient (Wildman–Crippen LogP) is 1.29. The van der Waals surface area contributed by atoms with Crippen LogP contribution in [0.15, 0.2) is 35.2 Å². The lowest BCUT2D eigenvalue weighted by Gasteiger charge is -2.35. The number of carbonyl (C=O) groups excluding carboxylic acids is 2. The van der Waals surface area contributed by atoms with Gasteiger partial charge in [-0.15, -0.1) is 0 Å². The van der Waals surface area contributed by atoms with E-state index in [1.807, 2.05) is 13.8 Å². The zero-order chi connectivity index (χ0) is 23.8. The van der Waals surface area contributed by atoms with Gasteiger partial charge in [0.05, 0.1) is 23.6 Å². The van der Waals surface area contributed by atoms with Crippen LogP contribution in [0.5, 0.6) is 0 Å². The van der Waals surface area contributed by atoms with Crippen LogP contribution in [0, 0.1) is 5.92 Å². The van der Waals surface area contributed by atoms with Crippen molar-refractivity contribution in [1.82, 2.24) is 14.9 Å². The van der Waals surface area contributed by atoms with Gasteiger partial charge in [0, 0.05) is 26.3 Å². The Kier molecular flexibility index (Phi) is 9.25. The minimum atomic E-state index is -3.85. The molecule has 3 atom stereocenters. The lowest BCUT2D eigenvalue weighted by atomic mass is 10.00. The molecular weight excluding hydrogens is 446 g/mol. The van der Waals surface area contributed by atoms with E-state index in [4.69, 9.17) is 9.47 Å². The number of nitrogens with zero attached hydrogens (tertiary/aromatic N) is 1. The Morgan fingerprint density at radius 2 is 1.70 bits per heavy atom. The van der Waals surface area contributed by atoms with Crippen molar-refractivity contribution >= 4 is 21.8 Å². The molecule has 10 heteroatoms. The summed E-state index contributed by atoms with van der Waals surface area (Å²) < 4.78 is 38.9. The van der Waals surface area contributed by atoms with E-state index in [1.54, 1.807) is 18.2 Å². The maximum Gasteiger partial charge on any atom is 0.243 e. The zero-order valence-electron chi connectivity index (χ0n) is 19.4. The van der Waals surface area contributed by atoms with Crippen LogP contribution in [0.1, 0.15) is 39.5 Å². The van der Waals surface area contributed by atoms with Crippen LogP contribution < -0.4 is 10.0 Å². The predicted molar refractivity (Wildman–Crippen MR) is 123 cm³/mol. The summed E-state index contributed by atoms with van der Waals surface area (Å²) >= 11 is 0. The average molecular weight is 482 g/mol. The Labute approximate surface area is 196 Å². The molecule has 1 aromatic rings. The molecule has 0 radical (unpaired) electrons. The lowest BCUT2D eigenvalue weighted by molar-refractivity contribution is -0.143. The second-order valence-electron chi connectivity index (χ2n) is 8.89. The molecule has 0 bridgehead atoms. The first-order valence-corrected chi connectivity index (χ1v) is 13.1. The van der Waals surface area contributed by atoms with E-state index in [9.17, 15) is 18.0 Å². The fourth-order valence-electron chi connectivity index (χ4n) is 4.25. The third kappa shape index (κ3) is 7.23. The second-order valence-corrected chi connectivity index (χ2v) is 10.7. The Balaban J connectivity index is 1.71. The van der Waals surface area contributed by atoms with Crippen molar-refractivity contribution in [3.8, 4) is 0 Å². The molecule has 2 fully saturated rings.